The summed E-state index contributed by atoms with van der Waals surface area (Å²) in [5, 5.41) is 3.25. The smallest absolute Gasteiger partial charge is 0.102 e. The van der Waals surface area contributed by atoms with E-state index in [0.717, 1.165) is 13.0 Å². The molecule has 2 heteroatoms. The summed E-state index contributed by atoms with van der Waals surface area (Å²) >= 11 is 0. The van der Waals surface area contributed by atoms with Crippen molar-refractivity contribution in [1.29, 1.82) is 0 Å². The molecule has 9 heavy (non-hydrogen) atoms. The van der Waals surface area contributed by atoms with E-state index < -0.39 is 0 Å². The maximum atomic E-state index is 3.25. The highest BCUT2D eigenvalue weighted by Crippen LogP contribution is 2.12. The van der Waals surface area contributed by atoms with Crippen molar-refractivity contribution in [2.45, 2.75) is 12.6 Å². The summed E-state index contributed by atoms with van der Waals surface area (Å²) in [5.74, 6) is 0. The molecular weight excluding hydrogens is 112 g/mol. The van der Waals surface area contributed by atoms with E-state index in [4.69, 9.17) is 0 Å². The second-order valence-corrected chi connectivity index (χ2v) is 2.40. The third kappa shape index (κ3) is 0.707. The fraction of sp³-hybridized carbons (Fsp3) is 0.429. The van der Waals surface area contributed by atoms with Gasteiger partial charge in [-0.15, -0.1) is 0 Å². The van der Waals surface area contributed by atoms with Crippen molar-refractivity contribution < 1.29 is 0 Å². The molecule has 2 aliphatic rings. The van der Waals surface area contributed by atoms with Crippen LogP contribution in [-0.4, -0.2) is 17.6 Å². The van der Waals surface area contributed by atoms with E-state index in [1.807, 2.05) is 6.20 Å². The zero-order valence-corrected chi connectivity index (χ0v) is 5.25. The van der Waals surface area contributed by atoms with E-state index in [1.165, 1.54) is 0 Å². The van der Waals surface area contributed by atoms with E-state index in [-0.39, 0.29) is 0 Å². The molecule has 2 aliphatic heterocycles. The van der Waals surface area contributed by atoms with Gasteiger partial charge in [0.15, 0.2) is 0 Å². The minimum Gasteiger partial charge on any atom is -0.370 e. The quantitative estimate of drug-likeness (QED) is 0.474. The van der Waals surface area contributed by atoms with Gasteiger partial charge in [-0.3, -0.25) is 0 Å². The number of fused-ring (bicyclic) bond motifs is 1. The topological polar surface area (TPSA) is 15.3 Å². The molecule has 0 amide bonds. The Bertz CT molecular complexity index is 160. The van der Waals surface area contributed by atoms with Gasteiger partial charge in [0.1, 0.15) is 6.17 Å². The van der Waals surface area contributed by atoms with E-state index in [0.29, 0.717) is 6.17 Å². The zero-order chi connectivity index (χ0) is 6.10. The lowest BCUT2D eigenvalue weighted by Crippen LogP contribution is -2.36. The van der Waals surface area contributed by atoms with Gasteiger partial charge in [-0.05, 0) is 0 Å². The highest BCUT2D eigenvalue weighted by atomic mass is 15.3. The van der Waals surface area contributed by atoms with Crippen molar-refractivity contribution in [2.24, 2.45) is 0 Å². The minimum atomic E-state index is 0.551. The van der Waals surface area contributed by atoms with Crippen LogP contribution in [0.3, 0.4) is 0 Å². The maximum absolute atomic E-state index is 3.25. The molecule has 0 aromatic rings. The van der Waals surface area contributed by atoms with Gasteiger partial charge in [0, 0.05) is 25.4 Å². The van der Waals surface area contributed by atoms with Crippen LogP contribution in [0.25, 0.3) is 0 Å². The molecule has 0 spiro atoms. The molecule has 0 saturated heterocycles. The van der Waals surface area contributed by atoms with Crippen molar-refractivity contribution in [3.63, 3.8) is 0 Å². The van der Waals surface area contributed by atoms with Crippen LogP contribution < -0.4 is 5.32 Å². The Hall–Kier alpha value is -0.920. The fourth-order valence-corrected chi connectivity index (χ4v) is 1.26. The Morgan fingerprint density at radius 3 is 3.33 bits per heavy atom. The van der Waals surface area contributed by atoms with Crippen molar-refractivity contribution >= 4 is 0 Å². The molecule has 0 aromatic carbocycles. The van der Waals surface area contributed by atoms with Gasteiger partial charge in [0.25, 0.3) is 0 Å². The highest BCUT2D eigenvalue weighted by Gasteiger charge is 2.17. The Labute approximate surface area is 54.8 Å². The summed E-state index contributed by atoms with van der Waals surface area (Å²) in [5.41, 5.74) is 0. The number of hydrogen-bond acceptors (Lipinski definition) is 2. The van der Waals surface area contributed by atoms with Crippen LogP contribution in [-0.2, 0) is 0 Å². The third-order valence-electron chi connectivity index (χ3n) is 1.80. The number of nitrogens with zero attached hydrogens (tertiary/aromatic N) is 1. The van der Waals surface area contributed by atoms with Crippen LogP contribution in [0.1, 0.15) is 6.42 Å². The van der Waals surface area contributed by atoms with Gasteiger partial charge < -0.3 is 10.2 Å². The summed E-state index contributed by atoms with van der Waals surface area (Å²) in [6, 6.07) is 0. The molecule has 0 saturated carbocycles. The SMILES string of the molecule is C1=CCN2C=CNC2C1. The van der Waals surface area contributed by atoms with Crippen LogP contribution in [0.15, 0.2) is 24.6 Å². The molecule has 1 N–H and O–H groups in total. The number of nitrogens with one attached hydrogen (secondary N) is 1. The van der Waals surface area contributed by atoms with Crippen LogP contribution in [0.4, 0.5) is 0 Å². The summed E-state index contributed by atoms with van der Waals surface area (Å²) in [6.07, 6.45) is 10.2. The maximum Gasteiger partial charge on any atom is 0.102 e. The highest BCUT2D eigenvalue weighted by molar-refractivity contribution is 5.04. The number of hydrogen-bond donors (Lipinski definition) is 1. The Kier molecular flexibility index (Phi) is 0.979. The van der Waals surface area contributed by atoms with Crippen molar-refractivity contribution in [2.75, 3.05) is 6.54 Å². The van der Waals surface area contributed by atoms with Crippen LogP contribution >= 0.6 is 0 Å². The average molecular weight is 122 g/mol. The standard InChI is InChI=1S/C7H10N2/c1-2-5-9-6-4-8-7(9)3-1/h1-2,4,6-8H,3,5H2. The Morgan fingerprint density at radius 1 is 1.44 bits per heavy atom. The lowest BCUT2D eigenvalue weighted by molar-refractivity contribution is 0.294. The first kappa shape index (κ1) is 4.91. The zero-order valence-electron chi connectivity index (χ0n) is 5.25. The van der Waals surface area contributed by atoms with E-state index in [1.54, 1.807) is 0 Å². The molecule has 0 aliphatic carbocycles. The third-order valence-corrected chi connectivity index (χ3v) is 1.80. The molecule has 1 unspecified atom stereocenters. The first-order chi connectivity index (χ1) is 4.47. The first-order valence-electron chi connectivity index (χ1n) is 3.30. The molecule has 1 atom stereocenters. The Morgan fingerprint density at radius 2 is 2.44 bits per heavy atom. The van der Waals surface area contributed by atoms with Gasteiger partial charge in [-0.2, -0.15) is 0 Å². The van der Waals surface area contributed by atoms with Crippen molar-refractivity contribution in [1.82, 2.24) is 10.2 Å². The van der Waals surface area contributed by atoms with Crippen LogP contribution in [0.2, 0.25) is 0 Å². The molecule has 0 fully saturated rings. The van der Waals surface area contributed by atoms with Gasteiger partial charge in [0.05, 0.1) is 0 Å². The molecule has 2 rings (SSSR count). The average Bonchev–Trinajstić information content (AvgIpc) is 2.33. The van der Waals surface area contributed by atoms with E-state index >= 15 is 0 Å². The molecule has 0 radical (unpaired) electrons. The van der Waals surface area contributed by atoms with E-state index in [2.05, 4.69) is 28.6 Å². The predicted molar refractivity (Wildman–Crippen MR) is 36.5 cm³/mol. The Balaban J connectivity index is 2.13. The summed E-state index contributed by atoms with van der Waals surface area (Å²) < 4.78 is 0. The van der Waals surface area contributed by atoms with Crippen molar-refractivity contribution in [3.8, 4) is 0 Å². The summed E-state index contributed by atoms with van der Waals surface area (Å²) in [7, 11) is 0. The summed E-state index contributed by atoms with van der Waals surface area (Å²) in [4.78, 5) is 2.29. The first-order valence-corrected chi connectivity index (χ1v) is 3.30. The lowest BCUT2D eigenvalue weighted by Gasteiger charge is -2.26. The summed E-state index contributed by atoms with van der Waals surface area (Å²) in [6.45, 7) is 1.06. The molecule has 48 valence electrons. The monoisotopic (exact) mass is 122 g/mol. The molecule has 0 bridgehead atoms. The largest absolute Gasteiger partial charge is 0.370 e. The molecular formula is C7H10N2. The van der Waals surface area contributed by atoms with Gasteiger partial charge in [-0.1, -0.05) is 12.2 Å². The minimum absolute atomic E-state index is 0.551. The lowest BCUT2D eigenvalue weighted by atomic mass is 10.2. The number of rotatable bonds is 0. The van der Waals surface area contributed by atoms with Gasteiger partial charge in [0.2, 0.25) is 0 Å². The van der Waals surface area contributed by atoms with Gasteiger partial charge in [-0.25, -0.2) is 0 Å². The van der Waals surface area contributed by atoms with Gasteiger partial charge >= 0.3 is 0 Å². The van der Waals surface area contributed by atoms with Crippen LogP contribution in [0, 0.1) is 0 Å². The van der Waals surface area contributed by atoms with Crippen LogP contribution in [0.5, 0.6) is 0 Å². The molecule has 0 aromatic heterocycles. The van der Waals surface area contributed by atoms with Crippen molar-refractivity contribution in [3.05, 3.63) is 24.6 Å². The predicted octanol–water partition coefficient (Wildman–Crippen LogP) is 0.649. The molecule has 2 heterocycles. The fourth-order valence-electron chi connectivity index (χ4n) is 1.26. The second-order valence-electron chi connectivity index (χ2n) is 2.40. The second kappa shape index (κ2) is 1.79. The van der Waals surface area contributed by atoms with E-state index in [9.17, 15) is 0 Å². The normalized spacial score (nSPS) is 30.2. The molecule has 2 nitrogen and oxygen atoms in total.